The predicted octanol–water partition coefficient (Wildman–Crippen LogP) is 3.15. The molecular weight excluding hydrogens is 387 g/mol. The molecule has 1 heterocycles. The van der Waals surface area contributed by atoms with E-state index in [4.69, 9.17) is 5.73 Å². The molecule has 1 amide bonds. The van der Waals surface area contributed by atoms with Gasteiger partial charge in [-0.2, -0.15) is 0 Å². The van der Waals surface area contributed by atoms with Crippen molar-refractivity contribution >= 4 is 23.5 Å². The number of hydrogen-bond donors (Lipinski definition) is 2. The van der Waals surface area contributed by atoms with Crippen LogP contribution >= 0.6 is 0 Å². The number of nitrogen functional groups attached to an aromatic ring is 1. The Morgan fingerprint density at radius 1 is 1.30 bits per heavy atom. The molecule has 162 valence electrons. The number of rotatable bonds is 9. The lowest BCUT2D eigenvalue weighted by Gasteiger charge is -2.24. The lowest BCUT2D eigenvalue weighted by Crippen LogP contribution is -2.41. The van der Waals surface area contributed by atoms with Crippen molar-refractivity contribution in [3.8, 4) is 0 Å². The molecule has 1 aromatic heterocycles. The van der Waals surface area contributed by atoms with E-state index in [1.807, 2.05) is 20.8 Å². The summed E-state index contributed by atoms with van der Waals surface area (Å²) < 4.78 is 15.1. The summed E-state index contributed by atoms with van der Waals surface area (Å²) in [6.07, 6.45) is 4.72. The maximum atomic E-state index is 13.9. The molecule has 2 aromatic rings. The van der Waals surface area contributed by atoms with Crippen LogP contribution in [0.2, 0.25) is 0 Å². The molecule has 8 heteroatoms. The predicted molar refractivity (Wildman–Crippen MR) is 118 cm³/mol. The van der Waals surface area contributed by atoms with Crippen molar-refractivity contribution in [2.75, 3.05) is 17.2 Å². The topological polar surface area (TPSA) is 101 Å². The number of amides is 1. The maximum absolute atomic E-state index is 13.9. The number of aromatic amines is 1. The third kappa shape index (κ3) is 5.68. The van der Waals surface area contributed by atoms with E-state index in [1.54, 1.807) is 18.2 Å². The molecule has 0 aliphatic rings. The summed E-state index contributed by atoms with van der Waals surface area (Å²) in [7, 11) is 0. The molecule has 0 bridgehead atoms. The average molecular weight is 416 g/mol. The molecule has 1 aromatic carbocycles. The summed E-state index contributed by atoms with van der Waals surface area (Å²) in [6.45, 7) is 6.53. The molecule has 0 unspecified atom stereocenters. The van der Waals surface area contributed by atoms with Crippen LogP contribution < -0.4 is 21.9 Å². The fraction of sp³-hybridized carbons (Fsp3) is 0.409. The maximum Gasteiger partial charge on any atom is 0.330 e. The molecular formula is C22H29FN4O3. The fourth-order valence-corrected chi connectivity index (χ4v) is 2.96. The molecule has 0 fully saturated rings. The fourth-order valence-electron chi connectivity index (χ4n) is 2.96. The van der Waals surface area contributed by atoms with Gasteiger partial charge >= 0.3 is 5.69 Å². The number of nitrogens with zero attached hydrogens (tertiary/aromatic N) is 2. The summed E-state index contributed by atoms with van der Waals surface area (Å²) in [5.74, 6) is -0.756. The minimum absolute atomic E-state index is 0.0476. The van der Waals surface area contributed by atoms with Gasteiger partial charge in [-0.05, 0) is 30.9 Å². The van der Waals surface area contributed by atoms with Crippen molar-refractivity contribution in [1.82, 2.24) is 9.55 Å². The van der Waals surface area contributed by atoms with E-state index in [9.17, 15) is 18.8 Å². The smallest absolute Gasteiger partial charge is 0.330 e. The zero-order valence-electron chi connectivity index (χ0n) is 17.7. The van der Waals surface area contributed by atoms with Gasteiger partial charge in [-0.15, -0.1) is 0 Å². The molecule has 0 saturated heterocycles. The van der Waals surface area contributed by atoms with Gasteiger partial charge in [0, 0.05) is 24.7 Å². The first-order valence-corrected chi connectivity index (χ1v) is 10.1. The van der Waals surface area contributed by atoms with E-state index in [0.717, 1.165) is 6.42 Å². The number of unbranched alkanes of at least 4 members (excludes halogenated alkanes) is 1. The molecule has 0 radical (unpaired) electrons. The van der Waals surface area contributed by atoms with Crippen molar-refractivity contribution in [3.05, 3.63) is 62.6 Å². The van der Waals surface area contributed by atoms with E-state index in [2.05, 4.69) is 4.98 Å². The highest BCUT2D eigenvalue weighted by Gasteiger charge is 2.23. The molecule has 0 saturated carbocycles. The summed E-state index contributed by atoms with van der Waals surface area (Å²) in [4.78, 5) is 41.3. The number of carbonyl (C=O) groups excluding carboxylic acids is 1. The first-order chi connectivity index (χ1) is 14.3. The van der Waals surface area contributed by atoms with Crippen LogP contribution in [-0.2, 0) is 11.3 Å². The Kier molecular flexibility index (Phi) is 8.15. The van der Waals surface area contributed by atoms with E-state index >= 15 is 0 Å². The number of benzene rings is 1. The molecule has 0 aliphatic carbocycles. The number of aromatic nitrogens is 2. The van der Waals surface area contributed by atoms with Gasteiger partial charge < -0.3 is 10.6 Å². The van der Waals surface area contributed by atoms with E-state index in [-0.39, 0.29) is 29.5 Å². The molecule has 0 spiro atoms. The summed E-state index contributed by atoms with van der Waals surface area (Å²) >= 11 is 0. The van der Waals surface area contributed by atoms with E-state index in [0.29, 0.717) is 19.4 Å². The van der Waals surface area contributed by atoms with Crippen LogP contribution in [0.3, 0.4) is 0 Å². The average Bonchev–Trinajstić information content (AvgIpc) is 2.69. The highest BCUT2D eigenvalue weighted by Crippen LogP contribution is 2.20. The molecule has 3 N–H and O–H groups in total. The normalized spacial score (nSPS) is 11.4. The number of carbonyl (C=O) groups is 1. The largest absolute Gasteiger partial charge is 0.383 e. The molecule has 30 heavy (non-hydrogen) atoms. The second-order valence-electron chi connectivity index (χ2n) is 7.53. The second-order valence-corrected chi connectivity index (χ2v) is 7.53. The number of nitrogens with two attached hydrogens (primary N) is 1. The van der Waals surface area contributed by atoms with Gasteiger partial charge in [-0.1, -0.05) is 45.4 Å². The Morgan fingerprint density at radius 2 is 2.00 bits per heavy atom. The van der Waals surface area contributed by atoms with Gasteiger partial charge in [0.1, 0.15) is 11.6 Å². The Balaban J connectivity index is 2.48. The SMILES string of the molecule is CCCCn1c(N)c(N(CCC(C)C)C(=O)C=Cc2ccccc2F)c(=O)[nH]c1=O. The first kappa shape index (κ1) is 23.1. The Hall–Kier alpha value is -3.16. The summed E-state index contributed by atoms with van der Waals surface area (Å²) in [6, 6.07) is 6.07. The van der Waals surface area contributed by atoms with Gasteiger partial charge in [0.15, 0.2) is 5.69 Å². The molecule has 7 nitrogen and oxygen atoms in total. The number of nitrogens with one attached hydrogen (secondary N) is 1. The van der Waals surface area contributed by atoms with Crippen LogP contribution in [0.25, 0.3) is 6.08 Å². The third-order valence-electron chi connectivity index (χ3n) is 4.73. The van der Waals surface area contributed by atoms with E-state index in [1.165, 1.54) is 27.7 Å². The number of anilines is 2. The molecule has 0 aliphatic heterocycles. The second kappa shape index (κ2) is 10.6. The van der Waals surface area contributed by atoms with Gasteiger partial charge in [0.25, 0.3) is 11.5 Å². The lowest BCUT2D eigenvalue weighted by molar-refractivity contribution is -0.114. The van der Waals surface area contributed by atoms with Crippen molar-refractivity contribution < 1.29 is 9.18 Å². The Bertz CT molecular complexity index is 1020. The first-order valence-electron chi connectivity index (χ1n) is 10.1. The van der Waals surface area contributed by atoms with Crippen LogP contribution in [0.15, 0.2) is 39.9 Å². The van der Waals surface area contributed by atoms with Gasteiger partial charge in [0.05, 0.1) is 0 Å². The Morgan fingerprint density at radius 3 is 2.63 bits per heavy atom. The zero-order valence-corrected chi connectivity index (χ0v) is 17.7. The number of hydrogen-bond acceptors (Lipinski definition) is 4. The Labute approximate surface area is 175 Å². The monoisotopic (exact) mass is 416 g/mol. The van der Waals surface area contributed by atoms with Crippen molar-refractivity contribution in [3.63, 3.8) is 0 Å². The number of halogens is 1. The van der Waals surface area contributed by atoms with Crippen molar-refractivity contribution in [2.45, 2.75) is 46.6 Å². The van der Waals surface area contributed by atoms with E-state index < -0.39 is 23.0 Å². The zero-order chi connectivity index (χ0) is 22.3. The van der Waals surface area contributed by atoms with Crippen LogP contribution in [0.5, 0.6) is 0 Å². The summed E-state index contributed by atoms with van der Waals surface area (Å²) in [5.41, 5.74) is 5.04. The quantitative estimate of drug-likeness (QED) is 0.613. The number of H-pyrrole nitrogens is 1. The third-order valence-corrected chi connectivity index (χ3v) is 4.73. The molecule has 0 atom stereocenters. The van der Waals surface area contributed by atoms with Gasteiger partial charge in [-0.3, -0.25) is 19.1 Å². The van der Waals surface area contributed by atoms with Crippen LogP contribution in [0.1, 0.15) is 45.6 Å². The molecule has 2 rings (SSSR count). The standard InChI is InChI=1S/C22H29FN4O3/c1-4-5-13-27-20(24)19(21(29)25-22(27)30)26(14-12-15(2)3)18(28)11-10-16-8-6-7-9-17(16)23/h6-11,15H,4-5,12-14,24H2,1-3H3,(H,25,29,30). The summed E-state index contributed by atoms with van der Waals surface area (Å²) in [5, 5.41) is 0. The van der Waals surface area contributed by atoms with Crippen molar-refractivity contribution in [2.24, 2.45) is 5.92 Å². The highest BCUT2D eigenvalue weighted by atomic mass is 19.1. The minimum Gasteiger partial charge on any atom is -0.383 e. The van der Waals surface area contributed by atoms with Gasteiger partial charge in [0.2, 0.25) is 0 Å². The van der Waals surface area contributed by atoms with Crippen LogP contribution in [0, 0.1) is 11.7 Å². The van der Waals surface area contributed by atoms with Crippen LogP contribution in [0.4, 0.5) is 15.9 Å². The van der Waals surface area contributed by atoms with Crippen molar-refractivity contribution in [1.29, 1.82) is 0 Å². The lowest BCUT2D eigenvalue weighted by atomic mass is 10.1. The van der Waals surface area contributed by atoms with Gasteiger partial charge in [-0.25, -0.2) is 9.18 Å². The highest BCUT2D eigenvalue weighted by molar-refractivity contribution is 6.05. The van der Waals surface area contributed by atoms with Crippen LogP contribution in [-0.4, -0.2) is 22.0 Å². The minimum atomic E-state index is -0.721.